The van der Waals surface area contributed by atoms with E-state index < -0.39 is 23.2 Å². The number of alkyl halides is 3. The van der Waals surface area contributed by atoms with E-state index in [-0.39, 0.29) is 5.56 Å². The molecule has 0 aliphatic carbocycles. The maximum atomic E-state index is 12.1. The van der Waals surface area contributed by atoms with E-state index in [0.717, 1.165) is 0 Å². The van der Waals surface area contributed by atoms with Crippen LogP contribution < -0.4 is 0 Å². The van der Waals surface area contributed by atoms with E-state index in [1.54, 1.807) is 0 Å². The van der Waals surface area contributed by atoms with Gasteiger partial charge in [-0.15, -0.1) is 0 Å². The Labute approximate surface area is 72.2 Å². The molecule has 13 heavy (non-hydrogen) atoms. The molecule has 0 radical (unpaired) electrons. The van der Waals surface area contributed by atoms with Gasteiger partial charge in [-0.2, -0.15) is 13.2 Å². The second-order valence-electron chi connectivity index (χ2n) is 2.64. The third kappa shape index (κ3) is 1.85. The molecule has 0 bridgehead atoms. The molecule has 0 amide bonds. The molecule has 2 N–H and O–H groups in total. The maximum absolute atomic E-state index is 12.1. The highest BCUT2D eigenvalue weighted by Gasteiger charge is 2.31. The Hall–Kier alpha value is -1.39. The molecule has 0 heterocycles. The summed E-state index contributed by atoms with van der Waals surface area (Å²) in [5, 5.41) is 18.0. The van der Waals surface area contributed by atoms with Crippen molar-refractivity contribution in [2.75, 3.05) is 0 Å². The molecule has 2 nitrogen and oxygen atoms in total. The second-order valence-corrected chi connectivity index (χ2v) is 2.64. The van der Waals surface area contributed by atoms with Gasteiger partial charge in [0.1, 0.15) is 11.5 Å². The Morgan fingerprint density at radius 3 is 1.77 bits per heavy atom. The third-order valence-electron chi connectivity index (χ3n) is 1.68. The van der Waals surface area contributed by atoms with Crippen molar-refractivity contribution in [2.24, 2.45) is 0 Å². The van der Waals surface area contributed by atoms with Gasteiger partial charge < -0.3 is 10.2 Å². The Balaban J connectivity index is 3.29. The van der Waals surface area contributed by atoms with Crippen LogP contribution in [0.5, 0.6) is 11.5 Å². The van der Waals surface area contributed by atoms with Crippen molar-refractivity contribution in [3.05, 3.63) is 23.3 Å². The summed E-state index contributed by atoms with van der Waals surface area (Å²) in [6.45, 7) is 1.32. The lowest BCUT2D eigenvalue weighted by molar-refractivity contribution is -0.137. The molecule has 1 rings (SSSR count). The van der Waals surface area contributed by atoms with E-state index in [1.165, 1.54) is 6.92 Å². The van der Waals surface area contributed by atoms with Gasteiger partial charge in [-0.1, -0.05) is 0 Å². The zero-order valence-electron chi connectivity index (χ0n) is 6.68. The monoisotopic (exact) mass is 192 g/mol. The summed E-state index contributed by atoms with van der Waals surface area (Å²) in [5.74, 6) is -1.13. The topological polar surface area (TPSA) is 40.5 Å². The first-order chi connectivity index (χ1) is 5.82. The van der Waals surface area contributed by atoms with Gasteiger partial charge in [-0.25, -0.2) is 0 Å². The van der Waals surface area contributed by atoms with Crippen LogP contribution in [0.15, 0.2) is 12.1 Å². The van der Waals surface area contributed by atoms with E-state index in [9.17, 15) is 13.2 Å². The van der Waals surface area contributed by atoms with Crippen LogP contribution in [0, 0.1) is 6.92 Å². The predicted octanol–water partition coefficient (Wildman–Crippen LogP) is 2.43. The van der Waals surface area contributed by atoms with Gasteiger partial charge >= 0.3 is 6.18 Å². The molecule has 1 aromatic rings. The number of phenols is 2. The molecule has 0 atom stereocenters. The minimum atomic E-state index is -4.55. The summed E-state index contributed by atoms with van der Waals surface area (Å²) in [7, 11) is 0. The molecule has 0 unspecified atom stereocenters. The number of aromatic hydroxyl groups is 2. The van der Waals surface area contributed by atoms with E-state index in [2.05, 4.69) is 0 Å². The molecule has 1 aromatic carbocycles. The summed E-state index contributed by atoms with van der Waals surface area (Å²) in [4.78, 5) is 0. The van der Waals surface area contributed by atoms with Crippen molar-refractivity contribution >= 4 is 0 Å². The van der Waals surface area contributed by atoms with E-state index in [1.807, 2.05) is 0 Å². The molecule has 0 saturated carbocycles. The van der Waals surface area contributed by atoms with Crippen LogP contribution in [0.4, 0.5) is 13.2 Å². The number of halogens is 3. The molecule has 0 aliphatic heterocycles. The molecule has 0 saturated heterocycles. The van der Waals surface area contributed by atoms with Crippen LogP contribution in [-0.4, -0.2) is 10.2 Å². The Morgan fingerprint density at radius 1 is 1.08 bits per heavy atom. The maximum Gasteiger partial charge on any atom is 0.416 e. The lowest BCUT2D eigenvalue weighted by Gasteiger charge is -2.09. The highest BCUT2D eigenvalue weighted by molar-refractivity contribution is 5.46. The van der Waals surface area contributed by atoms with Crippen molar-refractivity contribution in [1.82, 2.24) is 0 Å². The summed E-state index contributed by atoms with van der Waals surface area (Å²) in [6, 6.07) is 1.16. The number of benzene rings is 1. The first kappa shape index (κ1) is 9.70. The van der Waals surface area contributed by atoms with Gasteiger partial charge in [0, 0.05) is 5.56 Å². The van der Waals surface area contributed by atoms with Crippen molar-refractivity contribution in [2.45, 2.75) is 13.1 Å². The summed E-state index contributed by atoms with van der Waals surface area (Å²) in [5.41, 5.74) is -1.03. The van der Waals surface area contributed by atoms with Crippen LogP contribution in [0.3, 0.4) is 0 Å². The zero-order valence-corrected chi connectivity index (χ0v) is 6.68. The molecule has 0 fully saturated rings. The minimum Gasteiger partial charge on any atom is -0.508 e. The van der Waals surface area contributed by atoms with Crippen LogP contribution in [-0.2, 0) is 6.18 Å². The fourth-order valence-corrected chi connectivity index (χ4v) is 0.848. The number of hydrogen-bond donors (Lipinski definition) is 2. The first-order valence-corrected chi connectivity index (χ1v) is 3.42. The number of phenolic OH excluding ortho intramolecular Hbond substituents is 2. The highest BCUT2D eigenvalue weighted by atomic mass is 19.4. The lowest BCUT2D eigenvalue weighted by atomic mass is 10.1. The SMILES string of the molecule is Cc1c(O)cc(C(F)(F)F)cc1O. The molecule has 0 aliphatic rings. The molecular weight excluding hydrogens is 185 g/mol. The Bertz CT molecular complexity index is 308. The number of hydrogen-bond acceptors (Lipinski definition) is 2. The van der Waals surface area contributed by atoms with Gasteiger partial charge in [0.2, 0.25) is 0 Å². The van der Waals surface area contributed by atoms with E-state index >= 15 is 0 Å². The number of rotatable bonds is 0. The fourth-order valence-electron chi connectivity index (χ4n) is 0.848. The smallest absolute Gasteiger partial charge is 0.416 e. The van der Waals surface area contributed by atoms with Crippen molar-refractivity contribution in [3.8, 4) is 11.5 Å². The summed E-state index contributed by atoms with van der Waals surface area (Å²) in [6.07, 6.45) is -4.55. The largest absolute Gasteiger partial charge is 0.508 e. The van der Waals surface area contributed by atoms with Crippen LogP contribution in [0.25, 0.3) is 0 Å². The van der Waals surface area contributed by atoms with Crippen molar-refractivity contribution in [3.63, 3.8) is 0 Å². The third-order valence-corrected chi connectivity index (χ3v) is 1.68. The van der Waals surface area contributed by atoms with E-state index in [0.29, 0.717) is 12.1 Å². The fraction of sp³-hybridized carbons (Fsp3) is 0.250. The van der Waals surface area contributed by atoms with Crippen LogP contribution in [0.1, 0.15) is 11.1 Å². The van der Waals surface area contributed by atoms with Gasteiger partial charge in [0.05, 0.1) is 5.56 Å². The standard InChI is InChI=1S/C8H7F3O2/c1-4-6(12)2-5(3-7(4)13)8(9,10)11/h2-3,12-13H,1H3. The Morgan fingerprint density at radius 2 is 1.46 bits per heavy atom. The van der Waals surface area contributed by atoms with Gasteiger partial charge in [-0.05, 0) is 19.1 Å². The van der Waals surface area contributed by atoms with Crippen molar-refractivity contribution in [1.29, 1.82) is 0 Å². The lowest BCUT2D eigenvalue weighted by Crippen LogP contribution is -2.04. The summed E-state index contributed by atoms with van der Waals surface area (Å²) >= 11 is 0. The molecule has 0 aromatic heterocycles. The normalized spacial score (nSPS) is 11.7. The van der Waals surface area contributed by atoms with Crippen molar-refractivity contribution < 1.29 is 23.4 Å². The Kier molecular flexibility index (Phi) is 2.11. The molecule has 5 heteroatoms. The van der Waals surface area contributed by atoms with Crippen LogP contribution in [0.2, 0.25) is 0 Å². The minimum absolute atomic E-state index is 0.0352. The average Bonchev–Trinajstić information content (AvgIpc) is 1.97. The second kappa shape index (κ2) is 2.83. The molecule has 72 valence electrons. The quantitative estimate of drug-likeness (QED) is 0.662. The van der Waals surface area contributed by atoms with Gasteiger partial charge in [-0.3, -0.25) is 0 Å². The first-order valence-electron chi connectivity index (χ1n) is 3.42. The van der Waals surface area contributed by atoms with Gasteiger partial charge in [0.25, 0.3) is 0 Å². The highest BCUT2D eigenvalue weighted by Crippen LogP contribution is 2.36. The van der Waals surface area contributed by atoms with Gasteiger partial charge in [0.15, 0.2) is 0 Å². The molecule has 0 spiro atoms. The zero-order chi connectivity index (χ0) is 10.2. The summed E-state index contributed by atoms with van der Waals surface area (Å²) < 4.78 is 36.2. The van der Waals surface area contributed by atoms with E-state index in [4.69, 9.17) is 10.2 Å². The predicted molar refractivity (Wildman–Crippen MR) is 39.5 cm³/mol. The van der Waals surface area contributed by atoms with Crippen LogP contribution >= 0.6 is 0 Å². The average molecular weight is 192 g/mol. The molecular formula is C8H7F3O2.